The first-order valence-corrected chi connectivity index (χ1v) is 9.25. The largest absolute Gasteiger partial charge is 0.395 e. The van der Waals surface area contributed by atoms with Gasteiger partial charge < -0.3 is 15.9 Å². The van der Waals surface area contributed by atoms with Crippen molar-refractivity contribution in [3.63, 3.8) is 0 Å². The van der Waals surface area contributed by atoms with Gasteiger partial charge in [0.15, 0.2) is 0 Å². The lowest BCUT2D eigenvalue weighted by Crippen LogP contribution is -2.29. The number of unbranched alkanes of at least 4 members (excludes halogenated alkanes) is 11. The zero-order chi connectivity index (χ0) is 15.8. The summed E-state index contributed by atoms with van der Waals surface area (Å²) in [6.45, 7) is 2.23. The first-order valence-electron chi connectivity index (χ1n) is 9.25. The molecule has 21 heavy (non-hydrogen) atoms. The molecule has 0 spiro atoms. The first kappa shape index (κ1) is 20.9. The summed E-state index contributed by atoms with van der Waals surface area (Å²) < 4.78 is 0. The summed E-state index contributed by atoms with van der Waals surface area (Å²) in [4.78, 5) is 0. The molecule has 0 aromatic carbocycles. The maximum Gasteiger partial charge on any atom is 0.0583 e. The number of hydrogen-bond acceptors (Lipinski definition) is 3. The van der Waals surface area contributed by atoms with Crippen LogP contribution in [-0.2, 0) is 0 Å². The molecule has 0 amide bonds. The summed E-state index contributed by atoms with van der Waals surface area (Å²) in [5.41, 5.74) is 5.60. The van der Waals surface area contributed by atoms with E-state index in [9.17, 15) is 5.11 Å². The number of aliphatic hydroxyl groups excluding tert-OH is 2. The predicted molar refractivity (Wildman–Crippen MR) is 91.4 cm³/mol. The van der Waals surface area contributed by atoms with Crippen molar-refractivity contribution < 1.29 is 10.2 Å². The third-order valence-corrected chi connectivity index (χ3v) is 4.20. The Morgan fingerprint density at radius 2 is 1.19 bits per heavy atom. The molecule has 0 aliphatic heterocycles. The molecule has 0 aromatic heterocycles. The van der Waals surface area contributed by atoms with Gasteiger partial charge in [0.1, 0.15) is 0 Å². The van der Waals surface area contributed by atoms with Crippen LogP contribution in [-0.4, -0.2) is 29.0 Å². The van der Waals surface area contributed by atoms with Crippen molar-refractivity contribution in [1.82, 2.24) is 0 Å². The highest BCUT2D eigenvalue weighted by Gasteiger charge is 2.09. The van der Waals surface area contributed by atoms with Gasteiger partial charge in [0.05, 0.1) is 12.7 Å². The van der Waals surface area contributed by atoms with Crippen LogP contribution in [0.3, 0.4) is 0 Å². The summed E-state index contributed by atoms with van der Waals surface area (Å²) in [7, 11) is 0. The van der Waals surface area contributed by atoms with Gasteiger partial charge in [-0.1, -0.05) is 84.0 Å². The van der Waals surface area contributed by atoms with E-state index in [0.717, 1.165) is 12.8 Å². The van der Waals surface area contributed by atoms with Gasteiger partial charge in [0, 0.05) is 6.04 Å². The van der Waals surface area contributed by atoms with Crippen LogP contribution in [0.5, 0.6) is 0 Å². The minimum absolute atomic E-state index is 0.0322. The lowest BCUT2D eigenvalue weighted by molar-refractivity contribution is 0.128. The Hall–Kier alpha value is -0.120. The standard InChI is InChI=1S/C18H39NO2/c1-2-3-4-5-6-7-8-9-10-11-12-13-14-18(21)15-17(19)16-20/h17-18,20-21H,2-16,19H2,1H3/t17-,18-/m1/s1. The molecule has 3 nitrogen and oxygen atoms in total. The molecule has 0 bridgehead atoms. The topological polar surface area (TPSA) is 66.5 Å². The van der Waals surface area contributed by atoms with E-state index in [-0.39, 0.29) is 18.8 Å². The van der Waals surface area contributed by atoms with E-state index in [1.54, 1.807) is 0 Å². The Kier molecular flexibility index (Phi) is 16.2. The normalized spacial score (nSPS) is 14.3. The molecule has 0 radical (unpaired) electrons. The van der Waals surface area contributed by atoms with E-state index in [1.165, 1.54) is 70.6 Å². The fourth-order valence-electron chi connectivity index (χ4n) is 2.76. The SMILES string of the molecule is CCCCCCCCCCCCCC[C@@H](O)C[C@@H](N)CO. The van der Waals surface area contributed by atoms with E-state index in [0.29, 0.717) is 6.42 Å². The fraction of sp³-hybridized carbons (Fsp3) is 1.00. The van der Waals surface area contributed by atoms with Crippen LogP contribution in [0, 0.1) is 0 Å². The first-order chi connectivity index (χ1) is 10.2. The second kappa shape index (κ2) is 16.3. The number of rotatable bonds is 16. The minimum atomic E-state index is -0.338. The van der Waals surface area contributed by atoms with Crippen LogP contribution >= 0.6 is 0 Å². The zero-order valence-electron chi connectivity index (χ0n) is 14.2. The highest BCUT2D eigenvalue weighted by Crippen LogP contribution is 2.13. The van der Waals surface area contributed by atoms with Crippen molar-refractivity contribution >= 4 is 0 Å². The molecular formula is C18H39NO2. The third kappa shape index (κ3) is 16.1. The van der Waals surface area contributed by atoms with E-state index in [2.05, 4.69) is 6.92 Å². The Morgan fingerprint density at radius 3 is 1.62 bits per heavy atom. The average molecular weight is 302 g/mol. The van der Waals surface area contributed by atoms with Gasteiger partial charge in [-0.3, -0.25) is 0 Å². The maximum absolute atomic E-state index is 9.72. The van der Waals surface area contributed by atoms with Crippen LogP contribution in [0.2, 0.25) is 0 Å². The van der Waals surface area contributed by atoms with Gasteiger partial charge in [-0.05, 0) is 12.8 Å². The van der Waals surface area contributed by atoms with Crippen molar-refractivity contribution in [2.24, 2.45) is 5.73 Å². The fourth-order valence-corrected chi connectivity index (χ4v) is 2.76. The van der Waals surface area contributed by atoms with Crippen LogP contribution in [0.25, 0.3) is 0 Å². The molecule has 0 aliphatic carbocycles. The molecule has 3 heteroatoms. The molecule has 0 aliphatic rings. The van der Waals surface area contributed by atoms with Crippen molar-refractivity contribution in [2.45, 2.75) is 109 Å². The Labute approximate surface area is 132 Å². The van der Waals surface area contributed by atoms with Crippen molar-refractivity contribution in [3.8, 4) is 0 Å². The molecule has 0 heterocycles. The van der Waals surface area contributed by atoms with Crippen LogP contribution in [0.15, 0.2) is 0 Å². The third-order valence-electron chi connectivity index (χ3n) is 4.20. The second-order valence-corrected chi connectivity index (χ2v) is 6.51. The van der Waals surface area contributed by atoms with Gasteiger partial charge in [-0.15, -0.1) is 0 Å². The van der Waals surface area contributed by atoms with Crippen molar-refractivity contribution in [2.75, 3.05) is 6.61 Å². The molecular weight excluding hydrogens is 262 g/mol. The van der Waals surface area contributed by atoms with E-state index in [1.807, 2.05) is 0 Å². The minimum Gasteiger partial charge on any atom is -0.395 e. The van der Waals surface area contributed by atoms with Gasteiger partial charge in [0.25, 0.3) is 0 Å². The average Bonchev–Trinajstić information content (AvgIpc) is 2.48. The van der Waals surface area contributed by atoms with E-state index >= 15 is 0 Å². The lowest BCUT2D eigenvalue weighted by atomic mass is 10.0. The second-order valence-electron chi connectivity index (χ2n) is 6.51. The molecule has 128 valence electrons. The summed E-state index contributed by atoms with van der Waals surface area (Å²) >= 11 is 0. The smallest absolute Gasteiger partial charge is 0.0583 e. The zero-order valence-corrected chi connectivity index (χ0v) is 14.2. The van der Waals surface area contributed by atoms with Gasteiger partial charge in [-0.2, -0.15) is 0 Å². The summed E-state index contributed by atoms with van der Waals surface area (Å²) in [5, 5.41) is 18.5. The van der Waals surface area contributed by atoms with Crippen LogP contribution in [0.4, 0.5) is 0 Å². The monoisotopic (exact) mass is 301 g/mol. The number of aliphatic hydroxyl groups is 2. The summed E-state index contributed by atoms with van der Waals surface area (Å²) in [5.74, 6) is 0. The molecule has 4 N–H and O–H groups in total. The van der Waals surface area contributed by atoms with Gasteiger partial charge >= 0.3 is 0 Å². The molecule has 0 saturated heterocycles. The lowest BCUT2D eigenvalue weighted by Gasteiger charge is -2.14. The Balaban J connectivity index is 3.12. The molecule has 0 saturated carbocycles. The molecule has 2 atom stereocenters. The van der Waals surface area contributed by atoms with Crippen LogP contribution < -0.4 is 5.73 Å². The van der Waals surface area contributed by atoms with Crippen LogP contribution in [0.1, 0.15) is 96.8 Å². The van der Waals surface area contributed by atoms with Crippen molar-refractivity contribution in [3.05, 3.63) is 0 Å². The number of hydrogen-bond donors (Lipinski definition) is 3. The predicted octanol–water partition coefficient (Wildman–Crippen LogP) is 4.15. The highest BCUT2D eigenvalue weighted by molar-refractivity contribution is 4.66. The molecule has 0 rings (SSSR count). The molecule has 0 aromatic rings. The summed E-state index contributed by atoms with van der Waals surface area (Å²) in [6, 6.07) is -0.266. The molecule has 0 fully saturated rings. The Morgan fingerprint density at radius 1 is 0.762 bits per heavy atom. The maximum atomic E-state index is 9.72. The number of nitrogens with two attached hydrogens (primary N) is 1. The van der Waals surface area contributed by atoms with Crippen molar-refractivity contribution in [1.29, 1.82) is 0 Å². The molecule has 0 unspecified atom stereocenters. The van der Waals surface area contributed by atoms with Gasteiger partial charge in [-0.25, -0.2) is 0 Å². The van der Waals surface area contributed by atoms with Gasteiger partial charge in [0.2, 0.25) is 0 Å². The summed E-state index contributed by atoms with van der Waals surface area (Å²) in [6.07, 6.45) is 17.1. The highest BCUT2D eigenvalue weighted by atomic mass is 16.3. The van der Waals surface area contributed by atoms with E-state index < -0.39 is 0 Å². The van der Waals surface area contributed by atoms with E-state index in [4.69, 9.17) is 10.8 Å². The Bertz CT molecular complexity index is 200. The quantitative estimate of drug-likeness (QED) is 0.375.